The highest BCUT2D eigenvalue weighted by atomic mass is 16.3. The Morgan fingerprint density at radius 1 is 0.957 bits per heavy atom. The highest BCUT2D eigenvalue weighted by Crippen LogP contribution is 2.24. The van der Waals surface area contributed by atoms with E-state index in [0.717, 1.165) is 16.3 Å². The molecule has 1 amide bonds. The summed E-state index contributed by atoms with van der Waals surface area (Å²) in [7, 11) is 0. The Balaban J connectivity index is 1.85. The van der Waals surface area contributed by atoms with E-state index in [1.165, 1.54) is 0 Å². The monoisotopic (exact) mass is 304 g/mol. The Bertz CT molecular complexity index is 886. The van der Waals surface area contributed by atoms with Crippen LogP contribution in [0.5, 0.6) is 5.75 Å². The Hall–Kier alpha value is -3.14. The van der Waals surface area contributed by atoms with Crippen molar-refractivity contribution in [1.29, 1.82) is 0 Å². The van der Waals surface area contributed by atoms with Gasteiger partial charge in [-0.15, -0.1) is 0 Å². The summed E-state index contributed by atoms with van der Waals surface area (Å²) in [5, 5.41) is 15.9. The van der Waals surface area contributed by atoms with E-state index in [-0.39, 0.29) is 11.3 Å². The molecule has 3 rings (SSSR count). The number of carbonyl (C=O) groups is 1. The molecule has 0 bridgehead atoms. The zero-order valence-electron chi connectivity index (χ0n) is 12.7. The largest absolute Gasteiger partial charge is 0.507 e. The van der Waals surface area contributed by atoms with E-state index < -0.39 is 5.91 Å². The minimum Gasteiger partial charge on any atom is -0.507 e. The topological polar surface area (TPSA) is 61.7 Å². The van der Waals surface area contributed by atoms with Crippen molar-refractivity contribution in [1.82, 2.24) is 5.43 Å². The number of aromatic hydroxyl groups is 1. The van der Waals surface area contributed by atoms with E-state index in [0.29, 0.717) is 5.71 Å². The number of hydrogen-bond donors (Lipinski definition) is 2. The molecule has 0 saturated heterocycles. The summed E-state index contributed by atoms with van der Waals surface area (Å²) in [6.07, 6.45) is 0. The van der Waals surface area contributed by atoms with Gasteiger partial charge in [0.15, 0.2) is 0 Å². The molecule has 23 heavy (non-hydrogen) atoms. The van der Waals surface area contributed by atoms with E-state index >= 15 is 0 Å². The summed E-state index contributed by atoms with van der Waals surface area (Å²) in [6.45, 7) is 1.82. The molecule has 4 nitrogen and oxygen atoms in total. The van der Waals surface area contributed by atoms with Crippen molar-refractivity contribution >= 4 is 22.4 Å². The van der Waals surface area contributed by atoms with Crippen LogP contribution in [0.3, 0.4) is 0 Å². The van der Waals surface area contributed by atoms with Gasteiger partial charge in [-0.1, -0.05) is 54.6 Å². The fourth-order valence-electron chi connectivity index (χ4n) is 2.35. The Morgan fingerprint density at radius 2 is 1.57 bits per heavy atom. The van der Waals surface area contributed by atoms with Gasteiger partial charge < -0.3 is 5.11 Å². The second-order valence-electron chi connectivity index (χ2n) is 5.22. The van der Waals surface area contributed by atoms with Gasteiger partial charge in [0.2, 0.25) is 0 Å². The first-order valence-corrected chi connectivity index (χ1v) is 7.27. The maximum Gasteiger partial charge on any atom is 0.275 e. The number of phenols is 1. The Kier molecular flexibility index (Phi) is 4.06. The molecule has 0 aliphatic rings. The predicted molar refractivity (Wildman–Crippen MR) is 91.7 cm³/mol. The fourth-order valence-corrected chi connectivity index (χ4v) is 2.35. The van der Waals surface area contributed by atoms with Crippen molar-refractivity contribution in [2.45, 2.75) is 6.92 Å². The number of amides is 1. The molecule has 0 aliphatic heterocycles. The van der Waals surface area contributed by atoms with E-state index in [1.807, 2.05) is 61.5 Å². The molecule has 0 heterocycles. The van der Waals surface area contributed by atoms with Crippen molar-refractivity contribution in [3.8, 4) is 5.75 Å². The smallest absolute Gasteiger partial charge is 0.275 e. The first-order chi connectivity index (χ1) is 11.1. The SMILES string of the molecule is C/C(=N/NC(=O)c1cc2ccccc2cc1O)c1ccccc1. The molecular weight excluding hydrogens is 288 g/mol. The van der Waals surface area contributed by atoms with E-state index in [9.17, 15) is 9.90 Å². The van der Waals surface area contributed by atoms with Gasteiger partial charge in [-0.05, 0) is 35.4 Å². The van der Waals surface area contributed by atoms with Crippen LogP contribution < -0.4 is 5.43 Å². The molecule has 0 atom stereocenters. The zero-order chi connectivity index (χ0) is 16.2. The number of hydrazone groups is 1. The summed E-state index contributed by atoms with van der Waals surface area (Å²) in [4.78, 5) is 12.3. The molecule has 2 N–H and O–H groups in total. The normalized spacial score (nSPS) is 11.4. The van der Waals surface area contributed by atoms with Crippen LogP contribution in [0.1, 0.15) is 22.8 Å². The summed E-state index contributed by atoms with van der Waals surface area (Å²) in [5.74, 6) is -0.503. The number of nitrogens with one attached hydrogen (secondary N) is 1. The third kappa shape index (κ3) is 3.21. The van der Waals surface area contributed by atoms with Crippen LogP contribution in [0.4, 0.5) is 0 Å². The predicted octanol–water partition coefficient (Wildman–Crippen LogP) is 3.70. The number of rotatable bonds is 3. The van der Waals surface area contributed by atoms with Crippen molar-refractivity contribution in [2.24, 2.45) is 5.10 Å². The van der Waals surface area contributed by atoms with Gasteiger partial charge in [0.1, 0.15) is 5.75 Å². The van der Waals surface area contributed by atoms with Crippen LogP contribution in [0.25, 0.3) is 10.8 Å². The number of nitrogens with zero attached hydrogens (tertiary/aromatic N) is 1. The summed E-state index contributed by atoms with van der Waals surface area (Å²) in [6, 6.07) is 20.4. The third-order valence-electron chi connectivity index (χ3n) is 3.63. The number of carbonyl (C=O) groups excluding carboxylic acids is 1. The van der Waals surface area contributed by atoms with Crippen LogP contribution in [-0.4, -0.2) is 16.7 Å². The van der Waals surface area contributed by atoms with Crippen molar-refractivity contribution in [3.63, 3.8) is 0 Å². The van der Waals surface area contributed by atoms with Gasteiger partial charge >= 0.3 is 0 Å². The lowest BCUT2D eigenvalue weighted by Gasteiger charge is -2.07. The molecule has 0 aliphatic carbocycles. The van der Waals surface area contributed by atoms with Crippen LogP contribution in [-0.2, 0) is 0 Å². The highest BCUT2D eigenvalue weighted by Gasteiger charge is 2.12. The Labute approximate surface area is 134 Å². The molecule has 0 spiro atoms. The molecule has 0 unspecified atom stereocenters. The summed E-state index contributed by atoms with van der Waals surface area (Å²) in [5.41, 5.74) is 4.31. The fraction of sp³-hybridized carbons (Fsp3) is 0.0526. The number of phenolic OH excluding ortho intramolecular Hbond substituents is 1. The van der Waals surface area contributed by atoms with E-state index in [4.69, 9.17) is 0 Å². The van der Waals surface area contributed by atoms with Gasteiger partial charge in [-0.2, -0.15) is 5.10 Å². The highest BCUT2D eigenvalue weighted by molar-refractivity contribution is 6.03. The Morgan fingerprint density at radius 3 is 2.26 bits per heavy atom. The van der Waals surface area contributed by atoms with Gasteiger partial charge in [0, 0.05) is 0 Å². The number of hydrogen-bond acceptors (Lipinski definition) is 3. The molecule has 3 aromatic carbocycles. The molecule has 0 fully saturated rings. The van der Waals surface area contributed by atoms with E-state index in [2.05, 4.69) is 10.5 Å². The zero-order valence-corrected chi connectivity index (χ0v) is 12.7. The number of fused-ring (bicyclic) bond motifs is 1. The second kappa shape index (κ2) is 6.32. The summed E-state index contributed by atoms with van der Waals surface area (Å²) < 4.78 is 0. The molecule has 114 valence electrons. The van der Waals surface area contributed by atoms with Gasteiger partial charge in [0.05, 0.1) is 11.3 Å². The minimum atomic E-state index is -0.441. The molecular formula is C19H16N2O2. The van der Waals surface area contributed by atoms with Crippen LogP contribution in [0.15, 0.2) is 71.8 Å². The van der Waals surface area contributed by atoms with Crippen LogP contribution in [0, 0.1) is 0 Å². The lowest BCUT2D eigenvalue weighted by atomic mass is 10.1. The quantitative estimate of drug-likeness (QED) is 0.572. The third-order valence-corrected chi connectivity index (χ3v) is 3.63. The van der Waals surface area contributed by atoms with Crippen molar-refractivity contribution in [2.75, 3.05) is 0 Å². The first-order valence-electron chi connectivity index (χ1n) is 7.27. The number of benzene rings is 3. The van der Waals surface area contributed by atoms with Gasteiger partial charge in [0.25, 0.3) is 5.91 Å². The van der Waals surface area contributed by atoms with Crippen molar-refractivity contribution < 1.29 is 9.90 Å². The van der Waals surface area contributed by atoms with Gasteiger partial charge in [-0.25, -0.2) is 5.43 Å². The lowest BCUT2D eigenvalue weighted by molar-refractivity contribution is 0.0952. The average Bonchev–Trinajstić information content (AvgIpc) is 2.59. The maximum atomic E-state index is 12.3. The molecule has 4 heteroatoms. The van der Waals surface area contributed by atoms with E-state index in [1.54, 1.807) is 12.1 Å². The molecule has 0 aromatic heterocycles. The lowest BCUT2D eigenvalue weighted by Crippen LogP contribution is -2.19. The maximum absolute atomic E-state index is 12.3. The van der Waals surface area contributed by atoms with Crippen LogP contribution >= 0.6 is 0 Å². The average molecular weight is 304 g/mol. The molecule has 0 radical (unpaired) electrons. The summed E-state index contributed by atoms with van der Waals surface area (Å²) >= 11 is 0. The molecule has 3 aromatic rings. The van der Waals surface area contributed by atoms with Crippen LogP contribution in [0.2, 0.25) is 0 Å². The molecule has 0 saturated carbocycles. The van der Waals surface area contributed by atoms with Crippen molar-refractivity contribution in [3.05, 3.63) is 77.9 Å². The standard InChI is InChI=1S/C19H16N2O2/c1-13(14-7-3-2-4-8-14)20-21-19(23)17-11-15-9-5-6-10-16(15)12-18(17)22/h2-12,22H,1H3,(H,21,23)/b20-13-. The first kappa shape index (κ1) is 14.8. The van der Waals surface area contributed by atoms with Gasteiger partial charge in [-0.3, -0.25) is 4.79 Å². The second-order valence-corrected chi connectivity index (χ2v) is 5.22. The minimum absolute atomic E-state index is 0.0613.